The SMILES string of the molecule is C[C@@H](NC(=O)CSc1nc2ccsc2c(=O)n1-c1ccccc1)C1CC1. The van der Waals surface area contributed by atoms with Crippen molar-refractivity contribution in [1.82, 2.24) is 14.9 Å². The molecule has 134 valence electrons. The number of thiophene rings is 1. The molecule has 0 radical (unpaired) electrons. The summed E-state index contributed by atoms with van der Waals surface area (Å²) in [6.45, 7) is 2.05. The van der Waals surface area contributed by atoms with Crippen LogP contribution in [-0.2, 0) is 4.79 Å². The Morgan fingerprint density at radius 3 is 2.85 bits per heavy atom. The predicted molar refractivity (Wildman–Crippen MR) is 106 cm³/mol. The van der Waals surface area contributed by atoms with Crippen molar-refractivity contribution in [2.75, 3.05) is 5.75 Å². The van der Waals surface area contributed by atoms with Crippen LogP contribution in [0.25, 0.3) is 15.9 Å². The van der Waals surface area contributed by atoms with Gasteiger partial charge in [0, 0.05) is 6.04 Å². The summed E-state index contributed by atoms with van der Waals surface area (Å²) in [6, 6.07) is 11.5. The van der Waals surface area contributed by atoms with E-state index in [1.165, 1.54) is 35.9 Å². The Bertz CT molecular complexity index is 993. The second-order valence-corrected chi connectivity index (χ2v) is 8.35. The van der Waals surface area contributed by atoms with Crippen LogP contribution < -0.4 is 10.9 Å². The number of hydrogen-bond donors (Lipinski definition) is 1. The first-order valence-corrected chi connectivity index (χ1v) is 10.5. The lowest BCUT2D eigenvalue weighted by molar-refractivity contribution is -0.119. The number of hydrogen-bond acceptors (Lipinski definition) is 5. The highest BCUT2D eigenvalue weighted by molar-refractivity contribution is 7.99. The molecule has 3 aromatic rings. The number of para-hydroxylation sites is 1. The van der Waals surface area contributed by atoms with Crippen molar-refractivity contribution >= 4 is 39.2 Å². The molecule has 1 amide bonds. The summed E-state index contributed by atoms with van der Waals surface area (Å²) in [7, 11) is 0. The lowest BCUT2D eigenvalue weighted by Gasteiger charge is -2.14. The first-order chi connectivity index (χ1) is 12.6. The molecule has 0 spiro atoms. The molecule has 4 rings (SSSR count). The summed E-state index contributed by atoms with van der Waals surface area (Å²) >= 11 is 2.69. The number of amides is 1. The zero-order chi connectivity index (χ0) is 18.1. The Balaban J connectivity index is 1.63. The van der Waals surface area contributed by atoms with Gasteiger partial charge in [-0.3, -0.25) is 14.2 Å². The van der Waals surface area contributed by atoms with E-state index in [9.17, 15) is 9.59 Å². The van der Waals surface area contributed by atoms with Crippen LogP contribution in [0.1, 0.15) is 19.8 Å². The minimum absolute atomic E-state index is 0.0197. The van der Waals surface area contributed by atoms with Gasteiger partial charge in [0.15, 0.2) is 5.16 Å². The normalized spacial score (nSPS) is 15.1. The second-order valence-electron chi connectivity index (χ2n) is 6.49. The van der Waals surface area contributed by atoms with Crippen molar-refractivity contribution in [3.05, 3.63) is 52.1 Å². The van der Waals surface area contributed by atoms with Gasteiger partial charge in [-0.05, 0) is 49.3 Å². The highest BCUT2D eigenvalue weighted by Crippen LogP contribution is 2.32. The molecule has 0 bridgehead atoms. The monoisotopic (exact) mass is 385 g/mol. The van der Waals surface area contributed by atoms with Gasteiger partial charge < -0.3 is 5.32 Å². The molecular formula is C19H19N3O2S2. The van der Waals surface area contributed by atoms with E-state index in [0.29, 0.717) is 21.3 Å². The lowest BCUT2D eigenvalue weighted by atomic mass is 10.2. The van der Waals surface area contributed by atoms with Crippen LogP contribution in [0.2, 0.25) is 0 Å². The molecule has 1 aromatic carbocycles. The van der Waals surface area contributed by atoms with Crippen molar-refractivity contribution < 1.29 is 4.79 Å². The Hall–Kier alpha value is -2.12. The van der Waals surface area contributed by atoms with Crippen molar-refractivity contribution in [3.8, 4) is 5.69 Å². The topological polar surface area (TPSA) is 64.0 Å². The maximum Gasteiger partial charge on any atom is 0.276 e. The van der Waals surface area contributed by atoms with Gasteiger partial charge in [-0.15, -0.1) is 11.3 Å². The zero-order valence-electron chi connectivity index (χ0n) is 14.3. The number of carbonyl (C=O) groups is 1. The van der Waals surface area contributed by atoms with E-state index in [4.69, 9.17) is 0 Å². The van der Waals surface area contributed by atoms with Gasteiger partial charge in [-0.2, -0.15) is 0 Å². The molecule has 1 atom stereocenters. The fourth-order valence-electron chi connectivity index (χ4n) is 2.93. The van der Waals surface area contributed by atoms with E-state index in [1.807, 2.05) is 41.8 Å². The summed E-state index contributed by atoms with van der Waals surface area (Å²) in [5.41, 5.74) is 1.35. The van der Waals surface area contributed by atoms with Crippen LogP contribution in [0.4, 0.5) is 0 Å². The molecule has 0 aliphatic heterocycles. The van der Waals surface area contributed by atoms with Gasteiger partial charge >= 0.3 is 0 Å². The summed E-state index contributed by atoms with van der Waals surface area (Å²) in [4.78, 5) is 29.8. The Morgan fingerprint density at radius 2 is 2.12 bits per heavy atom. The molecule has 1 aliphatic carbocycles. The van der Waals surface area contributed by atoms with E-state index < -0.39 is 0 Å². The average molecular weight is 386 g/mol. The average Bonchev–Trinajstić information content (AvgIpc) is 3.39. The van der Waals surface area contributed by atoms with Crippen LogP contribution in [0.15, 0.2) is 51.7 Å². The zero-order valence-corrected chi connectivity index (χ0v) is 16.0. The van der Waals surface area contributed by atoms with Crippen molar-refractivity contribution in [3.63, 3.8) is 0 Å². The number of nitrogens with one attached hydrogen (secondary N) is 1. The van der Waals surface area contributed by atoms with Gasteiger partial charge in [0.25, 0.3) is 5.56 Å². The van der Waals surface area contributed by atoms with Gasteiger partial charge in [-0.25, -0.2) is 4.98 Å². The first kappa shape index (κ1) is 17.3. The van der Waals surface area contributed by atoms with Crippen molar-refractivity contribution in [2.45, 2.75) is 31.0 Å². The molecule has 0 unspecified atom stereocenters. The molecule has 26 heavy (non-hydrogen) atoms. The molecular weight excluding hydrogens is 366 g/mol. The molecule has 1 saturated carbocycles. The second kappa shape index (κ2) is 7.25. The van der Waals surface area contributed by atoms with Crippen LogP contribution >= 0.6 is 23.1 Å². The fourth-order valence-corrected chi connectivity index (χ4v) is 4.52. The minimum Gasteiger partial charge on any atom is -0.353 e. The van der Waals surface area contributed by atoms with Gasteiger partial charge in [0.05, 0.1) is 17.0 Å². The molecule has 1 N–H and O–H groups in total. The first-order valence-electron chi connectivity index (χ1n) is 8.61. The highest BCUT2D eigenvalue weighted by atomic mass is 32.2. The van der Waals surface area contributed by atoms with E-state index >= 15 is 0 Å². The molecule has 0 saturated heterocycles. The predicted octanol–water partition coefficient (Wildman–Crippen LogP) is 3.45. The highest BCUT2D eigenvalue weighted by Gasteiger charge is 2.28. The molecule has 2 heterocycles. The molecule has 1 aliphatic rings. The van der Waals surface area contributed by atoms with Crippen molar-refractivity contribution in [1.29, 1.82) is 0 Å². The van der Waals surface area contributed by atoms with Crippen LogP contribution in [0, 0.1) is 5.92 Å². The largest absolute Gasteiger partial charge is 0.353 e. The third-order valence-electron chi connectivity index (χ3n) is 4.51. The summed E-state index contributed by atoms with van der Waals surface area (Å²) < 4.78 is 2.23. The smallest absolute Gasteiger partial charge is 0.276 e. The van der Waals surface area contributed by atoms with E-state index in [0.717, 1.165) is 5.69 Å². The summed E-state index contributed by atoms with van der Waals surface area (Å²) in [6.07, 6.45) is 2.39. The maximum atomic E-state index is 13.0. The number of carbonyl (C=O) groups excluding carboxylic acids is 1. The third kappa shape index (κ3) is 3.54. The molecule has 7 heteroatoms. The number of aromatic nitrogens is 2. The maximum absolute atomic E-state index is 13.0. The van der Waals surface area contributed by atoms with Crippen molar-refractivity contribution in [2.24, 2.45) is 5.92 Å². The lowest BCUT2D eigenvalue weighted by Crippen LogP contribution is -2.35. The van der Waals surface area contributed by atoms with Gasteiger partial charge in [0.1, 0.15) is 4.70 Å². The summed E-state index contributed by atoms with van der Waals surface area (Å²) in [5.74, 6) is 0.840. The number of benzene rings is 1. The Morgan fingerprint density at radius 1 is 1.35 bits per heavy atom. The quantitative estimate of drug-likeness (QED) is 0.521. The van der Waals surface area contributed by atoms with Crippen LogP contribution in [-0.4, -0.2) is 27.3 Å². The summed E-state index contributed by atoms with van der Waals surface area (Å²) in [5, 5.41) is 5.46. The number of fused-ring (bicyclic) bond motifs is 1. The number of rotatable bonds is 6. The molecule has 1 fully saturated rings. The van der Waals surface area contributed by atoms with Crippen LogP contribution in [0.3, 0.4) is 0 Å². The number of thioether (sulfide) groups is 1. The Labute approximate surface area is 159 Å². The van der Waals surface area contributed by atoms with Gasteiger partial charge in [-0.1, -0.05) is 30.0 Å². The standard InChI is InChI=1S/C19H19N3O2S2/c1-12(13-7-8-13)20-16(23)11-26-19-21-15-9-10-25-17(15)18(24)22(19)14-5-3-2-4-6-14/h2-6,9-10,12-13H,7-8,11H2,1H3,(H,20,23)/t12-/m1/s1. The Kier molecular flexibility index (Phi) is 4.82. The van der Waals surface area contributed by atoms with E-state index in [1.54, 1.807) is 4.57 Å². The molecule has 5 nitrogen and oxygen atoms in total. The fraction of sp³-hybridized carbons (Fsp3) is 0.316. The van der Waals surface area contributed by atoms with Crippen LogP contribution in [0.5, 0.6) is 0 Å². The third-order valence-corrected chi connectivity index (χ3v) is 6.34. The number of nitrogens with zero attached hydrogens (tertiary/aromatic N) is 2. The van der Waals surface area contributed by atoms with Gasteiger partial charge in [0.2, 0.25) is 5.91 Å². The molecule has 2 aromatic heterocycles. The van der Waals surface area contributed by atoms with E-state index in [2.05, 4.69) is 17.2 Å². The minimum atomic E-state index is -0.0922. The van der Waals surface area contributed by atoms with E-state index in [-0.39, 0.29) is 23.3 Å².